The molecular formula is C22H39N. The zero-order chi connectivity index (χ0) is 16.8. The first kappa shape index (κ1) is 20.2. The SMILES string of the molecule is CCC.Cc1ccc(CCCCCCCN2CCCCC2)cc1. The number of rotatable bonds is 8. The average Bonchev–Trinajstić information content (AvgIpc) is 2.57. The highest BCUT2D eigenvalue weighted by Gasteiger charge is 2.08. The maximum Gasteiger partial charge on any atom is -0.00187 e. The van der Waals surface area contributed by atoms with Crippen molar-refractivity contribution in [1.82, 2.24) is 4.90 Å². The minimum Gasteiger partial charge on any atom is -0.303 e. The quantitative estimate of drug-likeness (QED) is 0.502. The van der Waals surface area contributed by atoms with Gasteiger partial charge in [0.2, 0.25) is 0 Å². The van der Waals surface area contributed by atoms with E-state index in [0.29, 0.717) is 0 Å². The standard InChI is InChI=1S/C19H31N.C3H8/c1-18-11-13-19(14-12-18)10-6-3-2-4-7-15-20-16-8-5-9-17-20;1-3-2/h11-14H,2-10,15-17H2,1H3;3H2,1-2H3. The van der Waals surface area contributed by atoms with E-state index in [0.717, 1.165) is 0 Å². The summed E-state index contributed by atoms with van der Waals surface area (Å²) >= 11 is 0. The fourth-order valence-electron chi connectivity index (χ4n) is 3.13. The number of benzene rings is 1. The van der Waals surface area contributed by atoms with Crippen LogP contribution in [0.5, 0.6) is 0 Å². The average molecular weight is 318 g/mol. The first-order chi connectivity index (χ1) is 11.3. The van der Waals surface area contributed by atoms with Crippen LogP contribution in [0.25, 0.3) is 0 Å². The largest absolute Gasteiger partial charge is 0.303 e. The fraction of sp³-hybridized carbons (Fsp3) is 0.727. The fourth-order valence-corrected chi connectivity index (χ4v) is 3.13. The monoisotopic (exact) mass is 317 g/mol. The molecule has 1 heterocycles. The van der Waals surface area contributed by atoms with Crippen molar-refractivity contribution in [3.63, 3.8) is 0 Å². The second-order valence-corrected chi connectivity index (χ2v) is 7.11. The van der Waals surface area contributed by atoms with Gasteiger partial charge in [0.05, 0.1) is 0 Å². The van der Waals surface area contributed by atoms with E-state index < -0.39 is 0 Å². The molecular weight excluding hydrogens is 278 g/mol. The molecule has 1 saturated heterocycles. The van der Waals surface area contributed by atoms with E-state index in [2.05, 4.69) is 49.9 Å². The van der Waals surface area contributed by atoms with Gasteiger partial charge in [0.15, 0.2) is 0 Å². The summed E-state index contributed by atoms with van der Waals surface area (Å²) < 4.78 is 0. The lowest BCUT2D eigenvalue weighted by Gasteiger charge is -2.26. The Morgan fingerprint density at radius 1 is 0.783 bits per heavy atom. The van der Waals surface area contributed by atoms with E-state index in [-0.39, 0.29) is 0 Å². The van der Waals surface area contributed by atoms with Crippen molar-refractivity contribution in [2.45, 2.75) is 85.0 Å². The molecule has 1 nitrogen and oxygen atoms in total. The molecule has 2 rings (SSSR count). The van der Waals surface area contributed by atoms with Crippen LogP contribution < -0.4 is 0 Å². The molecule has 0 spiro atoms. The molecule has 0 saturated carbocycles. The summed E-state index contributed by atoms with van der Waals surface area (Å²) in [4.78, 5) is 2.66. The van der Waals surface area contributed by atoms with E-state index in [4.69, 9.17) is 0 Å². The molecule has 23 heavy (non-hydrogen) atoms. The molecule has 1 heteroatoms. The van der Waals surface area contributed by atoms with Crippen molar-refractivity contribution in [2.24, 2.45) is 0 Å². The Morgan fingerprint density at radius 2 is 1.35 bits per heavy atom. The van der Waals surface area contributed by atoms with Crippen molar-refractivity contribution >= 4 is 0 Å². The number of hydrogen-bond donors (Lipinski definition) is 0. The van der Waals surface area contributed by atoms with Crippen LogP contribution in [0.1, 0.15) is 82.8 Å². The van der Waals surface area contributed by atoms with Gasteiger partial charge in [-0.2, -0.15) is 0 Å². The Hall–Kier alpha value is -0.820. The van der Waals surface area contributed by atoms with Crippen LogP contribution >= 0.6 is 0 Å². The summed E-state index contributed by atoms with van der Waals surface area (Å²) in [5, 5.41) is 0. The highest BCUT2D eigenvalue weighted by Crippen LogP contribution is 2.12. The van der Waals surface area contributed by atoms with E-state index in [9.17, 15) is 0 Å². The van der Waals surface area contributed by atoms with Crippen molar-refractivity contribution in [1.29, 1.82) is 0 Å². The van der Waals surface area contributed by atoms with Gasteiger partial charge in [-0.25, -0.2) is 0 Å². The van der Waals surface area contributed by atoms with Gasteiger partial charge in [-0.3, -0.25) is 0 Å². The van der Waals surface area contributed by atoms with Crippen LogP contribution in [0.4, 0.5) is 0 Å². The summed E-state index contributed by atoms with van der Waals surface area (Å²) in [6.45, 7) is 10.5. The Kier molecular flexibility index (Phi) is 12.0. The minimum atomic E-state index is 1.25. The van der Waals surface area contributed by atoms with Crippen LogP contribution in [-0.2, 0) is 6.42 Å². The molecule has 0 unspecified atom stereocenters. The first-order valence-electron chi connectivity index (χ1n) is 10.0. The number of piperidine rings is 1. The van der Waals surface area contributed by atoms with Crippen molar-refractivity contribution in [3.05, 3.63) is 35.4 Å². The molecule has 0 atom stereocenters. The predicted molar refractivity (Wildman–Crippen MR) is 104 cm³/mol. The van der Waals surface area contributed by atoms with Gasteiger partial charge >= 0.3 is 0 Å². The molecule has 1 fully saturated rings. The first-order valence-corrected chi connectivity index (χ1v) is 10.0. The lowest BCUT2D eigenvalue weighted by atomic mass is 10.0. The summed E-state index contributed by atoms with van der Waals surface area (Å²) in [6.07, 6.45) is 13.8. The van der Waals surface area contributed by atoms with Crippen LogP contribution in [-0.4, -0.2) is 24.5 Å². The Labute approximate surface area is 145 Å². The number of aryl methyl sites for hydroxylation is 2. The highest BCUT2D eigenvalue weighted by atomic mass is 15.1. The minimum absolute atomic E-state index is 1.25. The predicted octanol–water partition coefficient (Wildman–Crippen LogP) is 6.39. The molecule has 0 aromatic heterocycles. The van der Waals surface area contributed by atoms with Gasteiger partial charge in [0.25, 0.3) is 0 Å². The van der Waals surface area contributed by atoms with Crippen LogP contribution in [0.3, 0.4) is 0 Å². The van der Waals surface area contributed by atoms with E-state index >= 15 is 0 Å². The number of unbranched alkanes of at least 4 members (excludes halogenated alkanes) is 4. The molecule has 1 aliphatic heterocycles. The van der Waals surface area contributed by atoms with Crippen molar-refractivity contribution < 1.29 is 0 Å². The van der Waals surface area contributed by atoms with Crippen molar-refractivity contribution in [3.8, 4) is 0 Å². The molecule has 1 aromatic rings. The third-order valence-electron chi connectivity index (χ3n) is 4.51. The molecule has 0 radical (unpaired) electrons. The normalized spacial score (nSPS) is 15.1. The van der Waals surface area contributed by atoms with Gasteiger partial charge in [0.1, 0.15) is 0 Å². The van der Waals surface area contributed by atoms with Crippen LogP contribution in [0.2, 0.25) is 0 Å². The van der Waals surface area contributed by atoms with E-state index in [1.165, 1.54) is 95.0 Å². The molecule has 132 valence electrons. The number of likely N-dealkylation sites (tertiary alicyclic amines) is 1. The Balaban J connectivity index is 0.000000816. The molecule has 1 aliphatic rings. The molecule has 0 aliphatic carbocycles. The molecule has 0 bridgehead atoms. The summed E-state index contributed by atoms with van der Waals surface area (Å²) in [5.74, 6) is 0. The third-order valence-corrected chi connectivity index (χ3v) is 4.51. The van der Waals surface area contributed by atoms with Gasteiger partial charge in [-0.15, -0.1) is 0 Å². The molecule has 0 amide bonds. The summed E-state index contributed by atoms with van der Waals surface area (Å²) in [5.41, 5.74) is 2.87. The second-order valence-electron chi connectivity index (χ2n) is 7.11. The van der Waals surface area contributed by atoms with Crippen molar-refractivity contribution in [2.75, 3.05) is 19.6 Å². The topological polar surface area (TPSA) is 3.24 Å². The van der Waals surface area contributed by atoms with Gasteiger partial charge in [-0.05, 0) is 64.2 Å². The lowest BCUT2D eigenvalue weighted by Crippen LogP contribution is -2.30. The van der Waals surface area contributed by atoms with E-state index in [1.54, 1.807) is 0 Å². The van der Waals surface area contributed by atoms with E-state index in [1.807, 2.05) is 0 Å². The molecule has 1 aromatic carbocycles. The third kappa shape index (κ3) is 10.5. The van der Waals surface area contributed by atoms with Crippen LogP contribution in [0, 0.1) is 6.92 Å². The lowest BCUT2D eigenvalue weighted by molar-refractivity contribution is 0.224. The van der Waals surface area contributed by atoms with Gasteiger partial charge < -0.3 is 4.90 Å². The van der Waals surface area contributed by atoms with Gasteiger partial charge in [0, 0.05) is 0 Å². The summed E-state index contributed by atoms with van der Waals surface area (Å²) in [7, 11) is 0. The summed E-state index contributed by atoms with van der Waals surface area (Å²) in [6, 6.07) is 9.03. The smallest absolute Gasteiger partial charge is 0.00187 e. The highest BCUT2D eigenvalue weighted by molar-refractivity contribution is 5.21. The maximum atomic E-state index is 2.66. The Morgan fingerprint density at radius 3 is 2.00 bits per heavy atom. The number of nitrogens with zero attached hydrogens (tertiary/aromatic N) is 1. The molecule has 0 N–H and O–H groups in total. The zero-order valence-corrected chi connectivity index (χ0v) is 15.9. The number of hydrogen-bond acceptors (Lipinski definition) is 1. The Bertz CT molecular complexity index is 362. The van der Waals surface area contributed by atoms with Gasteiger partial charge in [-0.1, -0.05) is 75.8 Å². The zero-order valence-electron chi connectivity index (χ0n) is 15.9. The maximum absolute atomic E-state index is 2.66. The second kappa shape index (κ2) is 13.6. The van der Waals surface area contributed by atoms with Crippen LogP contribution in [0.15, 0.2) is 24.3 Å².